The van der Waals surface area contributed by atoms with Gasteiger partial charge in [-0.2, -0.15) is 0 Å². The number of esters is 2. The van der Waals surface area contributed by atoms with Gasteiger partial charge in [0, 0.05) is 70.2 Å². The number of rotatable bonds is 16. The first kappa shape index (κ1) is 43.2. The third-order valence-electron chi connectivity index (χ3n) is 10.7. The highest BCUT2D eigenvalue weighted by Crippen LogP contribution is 2.45. The molecule has 0 aromatic carbocycles. The van der Waals surface area contributed by atoms with Gasteiger partial charge in [-0.1, -0.05) is 26.5 Å². The number of carbonyl (C=O) groups is 3. The zero-order valence-electron chi connectivity index (χ0n) is 34.4. The molecule has 2 aliphatic heterocycles. The molecule has 2 atom stereocenters. The molecule has 57 heavy (non-hydrogen) atoms. The van der Waals surface area contributed by atoms with E-state index in [1.165, 1.54) is 14.2 Å². The number of aromatic amines is 2. The normalized spacial score (nSPS) is 15.5. The number of H-pyrrole nitrogens is 2. The number of methoxy groups -OCH3 is 2. The molecule has 0 radical (unpaired) electrons. The third-order valence-corrected chi connectivity index (χ3v) is 12.5. The summed E-state index contributed by atoms with van der Waals surface area (Å²) in [6, 6.07) is 6.01. The molecule has 0 saturated carbocycles. The molecule has 2 aliphatic rings. The van der Waals surface area contributed by atoms with Crippen LogP contribution in [0.2, 0.25) is 0 Å². The molecule has 4 N–H and O–H groups in total. The first-order valence-corrected chi connectivity index (χ1v) is 20.9. The van der Waals surface area contributed by atoms with Crippen LogP contribution in [-0.2, 0) is 50.3 Å². The smallest absolute Gasteiger partial charge is 0.405 e. The fraction of sp³-hybridized carbons (Fsp3) is 0.452. The van der Waals surface area contributed by atoms with Crippen molar-refractivity contribution in [1.29, 1.82) is 0 Å². The fourth-order valence-corrected chi connectivity index (χ4v) is 8.95. The van der Waals surface area contributed by atoms with Gasteiger partial charge in [-0.3, -0.25) is 28.4 Å². The first-order chi connectivity index (χ1) is 27.2. The van der Waals surface area contributed by atoms with Crippen LogP contribution in [0.1, 0.15) is 110 Å². The molecular formula is C42H55N6O8P. The zero-order valence-corrected chi connectivity index (χ0v) is 35.3. The molecular weight excluding hydrogens is 747 g/mol. The van der Waals surface area contributed by atoms with E-state index in [1.807, 2.05) is 39.0 Å². The Bertz CT molecular complexity index is 2300. The van der Waals surface area contributed by atoms with E-state index in [9.17, 15) is 18.9 Å². The molecule has 0 spiro atoms. The number of fused-ring (bicyclic) bond motifs is 8. The highest BCUT2D eigenvalue weighted by molar-refractivity contribution is 7.51. The van der Waals surface area contributed by atoms with Gasteiger partial charge in [-0.05, 0) is 87.9 Å². The summed E-state index contributed by atoms with van der Waals surface area (Å²) in [4.78, 5) is 57.8. The summed E-state index contributed by atoms with van der Waals surface area (Å²) in [5.41, 5.74) is 10.9. The summed E-state index contributed by atoms with van der Waals surface area (Å²) in [7, 11) is -0.911. The number of nitrogens with zero attached hydrogens (tertiary/aromatic N) is 2. The Kier molecular flexibility index (Phi) is 14.1. The minimum absolute atomic E-state index is 0.0735. The number of aryl methyl sites for hydroxylation is 3. The average Bonchev–Trinajstić information content (AvgIpc) is 3.87. The van der Waals surface area contributed by atoms with E-state index in [0.29, 0.717) is 28.9 Å². The molecule has 0 fully saturated rings. The van der Waals surface area contributed by atoms with Crippen molar-refractivity contribution in [3.63, 3.8) is 0 Å². The predicted molar refractivity (Wildman–Crippen MR) is 222 cm³/mol. The summed E-state index contributed by atoms with van der Waals surface area (Å²) in [5.74, 6) is -1.92. The quantitative estimate of drug-likeness (QED) is 0.0638. The Hall–Kier alpha value is -4.88. The monoisotopic (exact) mass is 802 g/mol. The van der Waals surface area contributed by atoms with Gasteiger partial charge in [-0.15, -0.1) is 0 Å². The van der Waals surface area contributed by atoms with Gasteiger partial charge in [0.25, 0.3) is 5.91 Å². The fourth-order valence-electron chi connectivity index (χ4n) is 7.63. The van der Waals surface area contributed by atoms with Crippen molar-refractivity contribution in [2.24, 2.45) is 0 Å². The Morgan fingerprint density at radius 3 is 2.18 bits per heavy atom. The second kappa shape index (κ2) is 18.6. The van der Waals surface area contributed by atoms with E-state index in [4.69, 9.17) is 28.5 Å². The van der Waals surface area contributed by atoms with Crippen LogP contribution in [0.5, 0.6) is 0 Å². The van der Waals surface area contributed by atoms with Crippen molar-refractivity contribution >= 4 is 64.9 Å². The molecule has 3 aromatic heterocycles. The summed E-state index contributed by atoms with van der Waals surface area (Å²) in [6.45, 7) is 18.1. The molecule has 5 heterocycles. The van der Waals surface area contributed by atoms with Crippen molar-refractivity contribution in [3.8, 4) is 0 Å². The van der Waals surface area contributed by atoms with Gasteiger partial charge < -0.3 is 24.8 Å². The van der Waals surface area contributed by atoms with Gasteiger partial charge in [0.1, 0.15) is 0 Å². The van der Waals surface area contributed by atoms with E-state index in [0.717, 1.165) is 56.4 Å². The van der Waals surface area contributed by atoms with Crippen molar-refractivity contribution in [1.82, 2.24) is 30.3 Å². The van der Waals surface area contributed by atoms with Crippen LogP contribution in [0.3, 0.4) is 0 Å². The zero-order chi connectivity index (χ0) is 41.6. The molecule has 5 rings (SSSR count). The highest BCUT2D eigenvalue weighted by atomic mass is 31.2. The van der Waals surface area contributed by atoms with Crippen LogP contribution in [0.15, 0.2) is 24.8 Å². The van der Waals surface area contributed by atoms with E-state index in [2.05, 4.69) is 46.9 Å². The maximum absolute atomic E-state index is 14.4. The summed E-state index contributed by atoms with van der Waals surface area (Å²) >= 11 is 0. The highest BCUT2D eigenvalue weighted by Gasteiger charge is 2.36. The van der Waals surface area contributed by atoms with Crippen molar-refractivity contribution in [2.75, 3.05) is 40.5 Å². The second-order valence-corrected chi connectivity index (χ2v) is 15.9. The topological polar surface area (TPSA) is 187 Å². The van der Waals surface area contributed by atoms with E-state index < -0.39 is 19.6 Å². The maximum atomic E-state index is 14.4. The van der Waals surface area contributed by atoms with Crippen LogP contribution in [0, 0.1) is 13.8 Å². The van der Waals surface area contributed by atoms with Crippen LogP contribution in [-0.4, -0.2) is 78.3 Å². The maximum Gasteiger partial charge on any atom is 0.405 e. The number of amides is 1. The lowest BCUT2D eigenvalue weighted by atomic mass is 9.84. The predicted octanol–water partition coefficient (Wildman–Crippen LogP) is 7.51. The number of hydrogen-bond donors (Lipinski definition) is 4. The minimum Gasteiger partial charge on any atom is -0.469 e. The molecule has 0 aliphatic carbocycles. The van der Waals surface area contributed by atoms with Crippen LogP contribution in [0.25, 0.3) is 39.3 Å². The number of aromatic nitrogens is 4. The summed E-state index contributed by atoms with van der Waals surface area (Å²) in [5, 5.41) is 5.74. The number of ether oxygens (including phenoxy) is 2. The van der Waals surface area contributed by atoms with Gasteiger partial charge in [0.15, 0.2) is 0 Å². The van der Waals surface area contributed by atoms with Gasteiger partial charge >= 0.3 is 19.7 Å². The SMILES string of the molecule is C=Cc1c(C)c2cc3nc(c(CC(=O)OC)c4nc(cc5[nH]c(cc1[nH]2)c(C)c5CC)C(C)=C4C(=O)NCCNP(=O)(OCC)OCC)[C@@H](CCC(=O)OC)[C@@H]3C. The summed E-state index contributed by atoms with van der Waals surface area (Å²) in [6.07, 6.45) is 2.81. The van der Waals surface area contributed by atoms with E-state index in [1.54, 1.807) is 13.8 Å². The number of nitrogens with one attached hydrogen (secondary N) is 4. The number of carbonyl (C=O) groups excluding carboxylic acids is 3. The van der Waals surface area contributed by atoms with Crippen LogP contribution >= 0.6 is 7.75 Å². The van der Waals surface area contributed by atoms with Gasteiger partial charge in [0.05, 0.1) is 56.5 Å². The molecule has 3 aromatic rings. The molecule has 0 unspecified atom stereocenters. The van der Waals surface area contributed by atoms with Gasteiger partial charge in [0.2, 0.25) is 0 Å². The van der Waals surface area contributed by atoms with E-state index >= 15 is 0 Å². The minimum atomic E-state index is -3.57. The lowest BCUT2D eigenvalue weighted by Crippen LogP contribution is -2.32. The molecule has 15 heteroatoms. The molecule has 0 saturated heterocycles. The Morgan fingerprint density at radius 1 is 0.877 bits per heavy atom. The number of hydrogen-bond acceptors (Lipinski definition) is 10. The Labute approximate surface area is 333 Å². The van der Waals surface area contributed by atoms with Crippen molar-refractivity contribution in [3.05, 3.63) is 75.4 Å². The average molecular weight is 803 g/mol. The van der Waals surface area contributed by atoms with Crippen molar-refractivity contribution < 1.29 is 37.5 Å². The largest absolute Gasteiger partial charge is 0.469 e. The number of allylic oxidation sites excluding steroid dienone is 1. The standard InChI is InChI=1S/C42H55N6O8P/c1-11-27-23(5)31-20-33-25(7)29(15-16-37(49)53-9)40(47-33)30(19-38(50)54-10)41-39(42(51)43-17-18-44-57(52,55-13-3)56-14-4)26(8)34(48-41)22-36-28(12-2)24(6)32(46-36)21-35(27)45-31/h11,20-22,25,29,45-46H,1,12-19H2,2-10H3,(H,43,51)(H,44,52)/t25-,29-/m0/s1. The lowest BCUT2D eigenvalue weighted by molar-refractivity contribution is -0.141. The van der Waals surface area contributed by atoms with Crippen molar-refractivity contribution in [2.45, 2.75) is 86.0 Å². The lowest BCUT2D eigenvalue weighted by Gasteiger charge is -2.19. The Morgan fingerprint density at radius 2 is 1.54 bits per heavy atom. The Balaban J connectivity index is 1.84. The first-order valence-electron chi connectivity index (χ1n) is 19.4. The molecule has 1 amide bonds. The second-order valence-electron chi connectivity index (χ2n) is 14.0. The molecule has 8 bridgehead atoms. The van der Waals surface area contributed by atoms with Gasteiger partial charge in [-0.25, -0.2) is 14.6 Å². The third kappa shape index (κ3) is 9.15. The van der Waals surface area contributed by atoms with Crippen LogP contribution < -0.4 is 10.4 Å². The molecule has 306 valence electrons. The van der Waals surface area contributed by atoms with E-state index in [-0.39, 0.29) is 68.2 Å². The summed E-state index contributed by atoms with van der Waals surface area (Å²) < 4.78 is 33.9. The molecule has 14 nitrogen and oxygen atoms in total. The van der Waals surface area contributed by atoms with Crippen LogP contribution in [0.4, 0.5) is 0 Å².